The first kappa shape index (κ1) is 19.3. The summed E-state index contributed by atoms with van der Waals surface area (Å²) in [4.78, 5) is 13.7. The molecule has 0 bridgehead atoms. The third-order valence-electron chi connectivity index (χ3n) is 4.29. The quantitative estimate of drug-likeness (QED) is 0.254. The van der Waals surface area contributed by atoms with Crippen molar-refractivity contribution in [3.05, 3.63) is 70.9 Å². The van der Waals surface area contributed by atoms with E-state index in [1.165, 1.54) is 16.8 Å². The van der Waals surface area contributed by atoms with Crippen molar-refractivity contribution in [1.82, 2.24) is 15.0 Å². The van der Waals surface area contributed by atoms with Crippen LogP contribution in [0.1, 0.15) is 31.0 Å². The first-order valence-corrected chi connectivity index (χ1v) is 11.0. The molecule has 0 unspecified atom stereocenters. The van der Waals surface area contributed by atoms with E-state index < -0.39 is 0 Å². The summed E-state index contributed by atoms with van der Waals surface area (Å²) < 4.78 is 15.6. The van der Waals surface area contributed by atoms with Gasteiger partial charge in [0.2, 0.25) is 5.28 Å². The molecule has 2 heterocycles. The van der Waals surface area contributed by atoms with Crippen LogP contribution in [0.15, 0.2) is 52.9 Å². The number of rotatable bonds is 5. The highest BCUT2D eigenvalue weighted by molar-refractivity contribution is 8.00. The molecular weight excluding hydrogens is 413 g/mol. The summed E-state index contributed by atoms with van der Waals surface area (Å²) in [6.45, 7) is 4.16. The number of nitrogens with zero attached hydrogens (tertiary/aromatic N) is 3. The van der Waals surface area contributed by atoms with Crippen LogP contribution in [0.25, 0.3) is 21.5 Å². The van der Waals surface area contributed by atoms with Gasteiger partial charge in [0.05, 0.1) is 21.6 Å². The zero-order valence-corrected chi connectivity index (χ0v) is 17.7. The Balaban J connectivity index is 1.74. The van der Waals surface area contributed by atoms with E-state index in [0.717, 1.165) is 32.4 Å². The molecular formula is C21H17ClFN3S2. The predicted octanol–water partition coefficient (Wildman–Crippen LogP) is 6.96. The number of aromatic nitrogens is 3. The molecule has 0 N–H and O–H groups in total. The molecule has 0 aliphatic heterocycles. The fourth-order valence-electron chi connectivity index (χ4n) is 2.99. The monoisotopic (exact) mass is 429 g/mol. The minimum Gasteiger partial charge on any atom is -0.230 e. The van der Waals surface area contributed by atoms with Gasteiger partial charge in [-0.1, -0.05) is 37.7 Å². The summed E-state index contributed by atoms with van der Waals surface area (Å²) >= 11 is 9.54. The lowest BCUT2D eigenvalue weighted by atomic mass is 10.00. The molecule has 0 atom stereocenters. The Bertz CT molecular complexity index is 1090. The Morgan fingerprint density at radius 2 is 1.79 bits per heavy atom. The van der Waals surface area contributed by atoms with Gasteiger partial charge in [-0.2, -0.15) is 0 Å². The Labute approximate surface area is 176 Å². The summed E-state index contributed by atoms with van der Waals surface area (Å²) in [5, 5.41) is 0.205. The van der Waals surface area contributed by atoms with Gasteiger partial charge in [-0.15, -0.1) is 11.3 Å². The van der Waals surface area contributed by atoms with Crippen LogP contribution in [0.3, 0.4) is 0 Å². The van der Waals surface area contributed by atoms with Crippen molar-refractivity contribution in [1.29, 1.82) is 0 Å². The fraction of sp³-hybridized carbons (Fsp3) is 0.190. The molecule has 0 amide bonds. The predicted molar refractivity (Wildman–Crippen MR) is 116 cm³/mol. The van der Waals surface area contributed by atoms with Crippen molar-refractivity contribution in [2.45, 2.75) is 29.9 Å². The number of halogens is 2. The highest BCUT2D eigenvalue weighted by Gasteiger charge is 2.19. The second-order valence-electron chi connectivity index (χ2n) is 6.60. The molecule has 3 nitrogen and oxygen atoms in total. The standard InChI is InChI=1S/C21H17ClFN3S2/c1-12(2)18-15(11-27-21-24-16-5-3-4-6-17(16)28-21)19(26-20(22)25-18)13-7-9-14(23)10-8-13/h3-10,12H,11H2,1-2H3. The van der Waals surface area contributed by atoms with Crippen molar-refractivity contribution >= 4 is 44.9 Å². The molecule has 4 rings (SSSR count). The lowest BCUT2D eigenvalue weighted by Gasteiger charge is -2.16. The zero-order chi connectivity index (χ0) is 19.7. The van der Waals surface area contributed by atoms with Gasteiger partial charge in [0.25, 0.3) is 0 Å². The lowest BCUT2D eigenvalue weighted by molar-refractivity contribution is 0.628. The van der Waals surface area contributed by atoms with Crippen LogP contribution in [-0.2, 0) is 5.75 Å². The van der Waals surface area contributed by atoms with Gasteiger partial charge in [-0.25, -0.2) is 19.3 Å². The average molecular weight is 430 g/mol. The molecule has 0 saturated carbocycles. The number of benzene rings is 2. The molecule has 0 saturated heterocycles. The molecule has 2 aromatic heterocycles. The van der Waals surface area contributed by atoms with Crippen LogP contribution in [0.2, 0.25) is 5.28 Å². The normalized spacial score (nSPS) is 11.5. The van der Waals surface area contributed by atoms with Crippen molar-refractivity contribution in [2.75, 3.05) is 0 Å². The van der Waals surface area contributed by atoms with Crippen molar-refractivity contribution in [3.8, 4) is 11.3 Å². The van der Waals surface area contributed by atoms with E-state index >= 15 is 0 Å². The van der Waals surface area contributed by atoms with Gasteiger partial charge in [-0.05, 0) is 53.9 Å². The molecule has 7 heteroatoms. The maximum absolute atomic E-state index is 13.4. The number of para-hydroxylation sites is 1. The highest BCUT2D eigenvalue weighted by Crippen LogP contribution is 2.36. The molecule has 0 aliphatic carbocycles. The van der Waals surface area contributed by atoms with Crippen molar-refractivity contribution in [2.24, 2.45) is 0 Å². The summed E-state index contributed by atoms with van der Waals surface area (Å²) in [6.07, 6.45) is 0. The molecule has 2 aromatic carbocycles. The molecule has 0 aliphatic rings. The van der Waals surface area contributed by atoms with Crippen LogP contribution in [-0.4, -0.2) is 15.0 Å². The van der Waals surface area contributed by atoms with Crippen LogP contribution in [0.5, 0.6) is 0 Å². The van der Waals surface area contributed by atoms with Crippen LogP contribution < -0.4 is 0 Å². The average Bonchev–Trinajstić information content (AvgIpc) is 3.10. The Morgan fingerprint density at radius 3 is 2.50 bits per heavy atom. The van der Waals surface area contributed by atoms with Gasteiger partial charge >= 0.3 is 0 Å². The smallest absolute Gasteiger partial charge is 0.223 e. The van der Waals surface area contributed by atoms with E-state index in [4.69, 9.17) is 16.6 Å². The zero-order valence-electron chi connectivity index (χ0n) is 15.3. The minimum atomic E-state index is -0.279. The van der Waals surface area contributed by atoms with Gasteiger partial charge in [0.15, 0.2) is 4.34 Å². The van der Waals surface area contributed by atoms with Crippen LogP contribution >= 0.6 is 34.7 Å². The Hall–Kier alpha value is -2.02. The minimum absolute atomic E-state index is 0.186. The number of fused-ring (bicyclic) bond motifs is 1. The largest absolute Gasteiger partial charge is 0.230 e. The third-order valence-corrected chi connectivity index (χ3v) is 6.67. The van der Waals surface area contributed by atoms with E-state index in [1.807, 2.05) is 18.2 Å². The number of hydrogen-bond acceptors (Lipinski definition) is 5. The lowest BCUT2D eigenvalue weighted by Crippen LogP contribution is -2.05. The van der Waals surface area contributed by atoms with E-state index in [1.54, 1.807) is 35.2 Å². The molecule has 0 spiro atoms. The second kappa shape index (κ2) is 8.15. The number of thioether (sulfide) groups is 1. The van der Waals surface area contributed by atoms with Crippen molar-refractivity contribution in [3.63, 3.8) is 0 Å². The van der Waals surface area contributed by atoms with E-state index in [9.17, 15) is 4.39 Å². The molecule has 4 aromatic rings. The topological polar surface area (TPSA) is 38.7 Å². The second-order valence-corrected chi connectivity index (χ2v) is 9.19. The first-order valence-electron chi connectivity index (χ1n) is 8.82. The van der Waals surface area contributed by atoms with Gasteiger partial charge in [0, 0.05) is 16.9 Å². The molecule has 142 valence electrons. The van der Waals surface area contributed by atoms with Crippen LogP contribution in [0, 0.1) is 5.82 Å². The summed E-state index contributed by atoms with van der Waals surface area (Å²) in [6, 6.07) is 14.4. The highest BCUT2D eigenvalue weighted by atomic mass is 35.5. The molecule has 28 heavy (non-hydrogen) atoms. The Morgan fingerprint density at radius 1 is 1.04 bits per heavy atom. The maximum Gasteiger partial charge on any atom is 0.223 e. The number of hydrogen-bond donors (Lipinski definition) is 0. The first-order chi connectivity index (χ1) is 13.5. The van der Waals surface area contributed by atoms with Crippen molar-refractivity contribution < 1.29 is 4.39 Å². The fourth-order valence-corrected chi connectivity index (χ4v) is 5.26. The SMILES string of the molecule is CC(C)c1nc(Cl)nc(-c2ccc(F)cc2)c1CSc1nc2ccccc2s1. The maximum atomic E-state index is 13.4. The van der Waals surface area contributed by atoms with Gasteiger partial charge < -0.3 is 0 Å². The van der Waals surface area contributed by atoms with E-state index in [-0.39, 0.29) is 17.0 Å². The number of thiazole rings is 1. The van der Waals surface area contributed by atoms with Gasteiger partial charge in [-0.3, -0.25) is 0 Å². The van der Waals surface area contributed by atoms with E-state index in [0.29, 0.717) is 5.75 Å². The molecule has 0 fully saturated rings. The summed E-state index contributed by atoms with van der Waals surface area (Å²) in [5.41, 5.74) is 4.50. The van der Waals surface area contributed by atoms with Gasteiger partial charge in [0.1, 0.15) is 5.82 Å². The molecule has 0 radical (unpaired) electrons. The van der Waals surface area contributed by atoms with E-state index in [2.05, 4.69) is 29.9 Å². The summed E-state index contributed by atoms with van der Waals surface area (Å²) in [5.74, 6) is 0.570. The summed E-state index contributed by atoms with van der Waals surface area (Å²) in [7, 11) is 0. The third kappa shape index (κ3) is 4.04. The van der Waals surface area contributed by atoms with Crippen LogP contribution in [0.4, 0.5) is 4.39 Å². The Kier molecular flexibility index (Phi) is 5.62.